The summed E-state index contributed by atoms with van der Waals surface area (Å²) in [6, 6.07) is 8.52. The predicted molar refractivity (Wildman–Crippen MR) is 102 cm³/mol. The Labute approximate surface area is 154 Å². The highest BCUT2D eigenvalue weighted by atomic mass is 15.4. The van der Waals surface area contributed by atoms with Gasteiger partial charge in [0, 0.05) is 19.2 Å². The Balaban J connectivity index is 1.48. The summed E-state index contributed by atoms with van der Waals surface area (Å²) >= 11 is 0. The van der Waals surface area contributed by atoms with E-state index in [1.807, 2.05) is 6.21 Å². The van der Waals surface area contributed by atoms with Crippen LogP contribution in [0.3, 0.4) is 0 Å². The number of imidazole rings is 1. The summed E-state index contributed by atoms with van der Waals surface area (Å²) in [5.74, 6) is 1.79. The van der Waals surface area contributed by atoms with Gasteiger partial charge in [0.25, 0.3) is 0 Å². The minimum Gasteiger partial charge on any atom is -0.340 e. The number of benzene rings is 1. The van der Waals surface area contributed by atoms with Gasteiger partial charge in [0.05, 0.1) is 12.5 Å². The number of aryl methyl sites for hydroxylation is 2. The van der Waals surface area contributed by atoms with Gasteiger partial charge in [-0.1, -0.05) is 29.5 Å². The molecule has 2 N–H and O–H groups in total. The first-order valence-electron chi connectivity index (χ1n) is 8.73. The van der Waals surface area contributed by atoms with Gasteiger partial charge >= 0.3 is 0 Å². The van der Waals surface area contributed by atoms with Crippen molar-refractivity contribution >= 4 is 35.0 Å². The molecule has 1 aliphatic rings. The zero-order valence-corrected chi connectivity index (χ0v) is 14.7. The maximum Gasteiger partial charge on any atom is 0.232 e. The highest BCUT2D eigenvalue weighted by Crippen LogP contribution is 2.32. The summed E-state index contributed by atoms with van der Waals surface area (Å²) in [7, 11) is 1.80. The Hall–Kier alpha value is -3.62. The lowest BCUT2D eigenvalue weighted by molar-refractivity contribution is 0.715. The summed E-state index contributed by atoms with van der Waals surface area (Å²) in [4.78, 5) is 20.9. The molecule has 5 rings (SSSR count). The van der Waals surface area contributed by atoms with Crippen LogP contribution >= 0.6 is 0 Å². The third kappa shape index (κ3) is 2.92. The lowest BCUT2D eigenvalue weighted by Crippen LogP contribution is -1.99. The van der Waals surface area contributed by atoms with E-state index in [0.717, 1.165) is 12.8 Å². The molecule has 0 amide bonds. The minimum absolute atomic E-state index is 0.297. The molecule has 27 heavy (non-hydrogen) atoms. The van der Waals surface area contributed by atoms with Crippen LogP contribution in [0.2, 0.25) is 0 Å². The number of rotatable bonds is 4. The monoisotopic (exact) mass is 359 g/mol. The van der Waals surface area contributed by atoms with Gasteiger partial charge in [-0.15, -0.1) is 5.10 Å². The van der Waals surface area contributed by atoms with Crippen molar-refractivity contribution in [1.29, 1.82) is 0 Å². The second kappa shape index (κ2) is 6.27. The van der Waals surface area contributed by atoms with E-state index in [0.29, 0.717) is 34.7 Å². The van der Waals surface area contributed by atoms with E-state index in [9.17, 15) is 0 Å². The Morgan fingerprint density at radius 1 is 1.30 bits per heavy atom. The maximum absolute atomic E-state index is 4.67. The molecule has 0 saturated carbocycles. The van der Waals surface area contributed by atoms with Crippen molar-refractivity contribution in [3.63, 3.8) is 0 Å². The van der Waals surface area contributed by atoms with Crippen LogP contribution in [0.25, 0.3) is 11.2 Å². The van der Waals surface area contributed by atoms with E-state index in [1.165, 1.54) is 11.1 Å². The first-order chi connectivity index (χ1) is 13.3. The van der Waals surface area contributed by atoms with Crippen LogP contribution in [-0.2, 0) is 13.5 Å². The largest absolute Gasteiger partial charge is 0.340 e. The van der Waals surface area contributed by atoms with Crippen LogP contribution in [0.15, 0.2) is 41.8 Å². The van der Waals surface area contributed by atoms with Gasteiger partial charge in [-0.2, -0.15) is 9.97 Å². The third-order valence-electron chi connectivity index (χ3n) is 4.67. The molecule has 0 bridgehead atoms. The molecule has 0 spiro atoms. The number of aromatic amines is 1. The van der Waals surface area contributed by atoms with Crippen molar-refractivity contribution in [3.05, 3.63) is 47.9 Å². The number of aromatic nitrogens is 7. The molecular formula is C18H17N9. The Kier molecular flexibility index (Phi) is 3.63. The number of hydrogen-bond donors (Lipinski definition) is 2. The topological polar surface area (TPSA) is 110 Å². The minimum atomic E-state index is 0.297. The van der Waals surface area contributed by atoms with Gasteiger partial charge in [0.15, 0.2) is 17.3 Å². The average Bonchev–Trinajstić information content (AvgIpc) is 3.40. The molecule has 3 aromatic heterocycles. The van der Waals surface area contributed by atoms with Gasteiger partial charge in [-0.05, 0) is 24.0 Å². The first-order valence-corrected chi connectivity index (χ1v) is 8.73. The zero-order chi connectivity index (χ0) is 18.2. The van der Waals surface area contributed by atoms with Crippen molar-refractivity contribution in [2.24, 2.45) is 12.0 Å². The molecule has 0 fully saturated rings. The molecule has 1 unspecified atom stereocenters. The lowest BCUT2D eigenvalue weighted by atomic mass is 10.0. The van der Waals surface area contributed by atoms with E-state index in [2.05, 4.69) is 64.8 Å². The molecular weight excluding hydrogens is 342 g/mol. The Morgan fingerprint density at radius 3 is 3.11 bits per heavy atom. The highest BCUT2D eigenvalue weighted by Gasteiger charge is 2.20. The number of aliphatic imine (C=N–C) groups is 1. The standard InChI is InChI=1S/C18H17N9/c1-27-9-14(25-26-27)22-18-23-16(15-17(24-18)21-10-20-15)19-8-12-7-6-11-4-2-3-5-13(11)12/h2-5,8-10,12H,6-7H2,1H3,(H2,20,21,22,23,24). The van der Waals surface area contributed by atoms with E-state index < -0.39 is 0 Å². The Morgan fingerprint density at radius 2 is 2.22 bits per heavy atom. The van der Waals surface area contributed by atoms with E-state index in [1.54, 1.807) is 24.3 Å². The molecule has 1 atom stereocenters. The van der Waals surface area contributed by atoms with Crippen LogP contribution < -0.4 is 5.32 Å². The van der Waals surface area contributed by atoms with Crippen molar-refractivity contribution in [3.8, 4) is 0 Å². The normalized spacial score (nSPS) is 16.3. The van der Waals surface area contributed by atoms with Crippen LogP contribution in [0, 0.1) is 0 Å². The quantitative estimate of drug-likeness (QED) is 0.542. The third-order valence-corrected chi connectivity index (χ3v) is 4.67. The lowest BCUT2D eigenvalue weighted by Gasteiger charge is -2.06. The fourth-order valence-electron chi connectivity index (χ4n) is 3.39. The highest BCUT2D eigenvalue weighted by molar-refractivity contribution is 5.85. The summed E-state index contributed by atoms with van der Waals surface area (Å²) in [5.41, 5.74) is 4.00. The number of fused-ring (bicyclic) bond motifs is 2. The second-order valence-corrected chi connectivity index (χ2v) is 6.50. The van der Waals surface area contributed by atoms with Crippen molar-refractivity contribution in [2.75, 3.05) is 5.32 Å². The van der Waals surface area contributed by atoms with Gasteiger partial charge in [0.1, 0.15) is 5.52 Å². The number of hydrogen-bond acceptors (Lipinski definition) is 7. The van der Waals surface area contributed by atoms with Crippen LogP contribution in [0.5, 0.6) is 0 Å². The summed E-state index contributed by atoms with van der Waals surface area (Å²) in [5, 5.41) is 10.9. The molecule has 134 valence electrons. The summed E-state index contributed by atoms with van der Waals surface area (Å²) in [6.45, 7) is 0. The molecule has 0 saturated heterocycles. The SMILES string of the molecule is Cn1cc(Nc2nc(N=CC3CCc4ccccc43)c3[nH]cnc3n2)nn1. The van der Waals surface area contributed by atoms with Crippen LogP contribution in [0.1, 0.15) is 23.5 Å². The molecule has 0 aliphatic heterocycles. The van der Waals surface area contributed by atoms with E-state index in [-0.39, 0.29) is 0 Å². The zero-order valence-electron chi connectivity index (χ0n) is 14.7. The molecule has 4 aromatic rings. The van der Waals surface area contributed by atoms with Crippen molar-refractivity contribution < 1.29 is 0 Å². The average molecular weight is 359 g/mol. The molecule has 9 nitrogen and oxygen atoms in total. The molecule has 3 heterocycles. The first kappa shape index (κ1) is 15.6. The van der Waals surface area contributed by atoms with Crippen molar-refractivity contribution in [1.82, 2.24) is 34.9 Å². The molecule has 0 radical (unpaired) electrons. The maximum atomic E-state index is 4.67. The number of nitrogens with one attached hydrogen (secondary N) is 2. The Bertz CT molecular complexity index is 1140. The smallest absolute Gasteiger partial charge is 0.232 e. The van der Waals surface area contributed by atoms with Crippen LogP contribution in [-0.4, -0.2) is 41.1 Å². The second-order valence-electron chi connectivity index (χ2n) is 6.50. The molecule has 1 aliphatic carbocycles. The number of nitrogens with zero attached hydrogens (tertiary/aromatic N) is 7. The van der Waals surface area contributed by atoms with Gasteiger partial charge in [-0.3, -0.25) is 4.68 Å². The summed E-state index contributed by atoms with van der Waals surface area (Å²) in [6.07, 6.45) is 7.45. The van der Waals surface area contributed by atoms with Crippen molar-refractivity contribution in [2.45, 2.75) is 18.8 Å². The number of H-pyrrole nitrogens is 1. The fourth-order valence-corrected chi connectivity index (χ4v) is 3.39. The summed E-state index contributed by atoms with van der Waals surface area (Å²) < 4.78 is 1.60. The predicted octanol–water partition coefficient (Wildman–Crippen LogP) is 2.66. The van der Waals surface area contributed by atoms with Gasteiger partial charge in [0.2, 0.25) is 5.95 Å². The van der Waals surface area contributed by atoms with Crippen LogP contribution in [0.4, 0.5) is 17.6 Å². The van der Waals surface area contributed by atoms with Gasteiger partial charge in [-0.25, -0.2) is 9.98 Å². The molecule has 9 heteroatoms. The number of anilines is 2. The fraction of sp³-hybridized carbons (Fsp3) is 0.222. The van der Waals surface area contributed by atoms with E-state index in [4.69, 9.17) is 0 Å². The van der Waals surface area contributed by atoms with Gasteiger partial charge < -0.3 is 10.3 Å². The van der Waals surface area contributed by atoms with E-state index >= 15 is 0 Å². The molecule has 1 aromatic carbocycles.